The standard InChI is InChI=1S/C37H29N/c1-25(2)26-11-13-28(14-12-26)29-15-17-30(18-16-29)32-20-22-37-35(24-32)34-9-5-6-10-36(34)38(37)33-21-19-27-7-3-4-8-31(27)23-33/h3-25H,1-2H3. The predicted octanol–water partition coefficient (Wildman–Crippen LogP) is 10.4. The van der Waals surface area contributed by atoms with Gasteiger partial charge in [-0.25, -0.2) is 0 Å². The molecule has 7 aromatic rings. The molecule has 0 aliphatic heterocycles. The normalized spacial score (nSPS) is 11.7. The quantitative estimate of drug-likeness (QED) is 0.233. The van der Waals surface area contributed by atoms with Gasteiger partial charge >= 0.3 is 0 Å². The Labute approximate surface area is 223 Å². The summed E-state index contributed by atoms with van der Waals surface area (Å²) in [6.45, 7) is 4.47. The highest BCUT2D eigenvalue weighted by Crippen LogP contribution is 2.36. The smallest absolute Gasteiger partial charge is 0.0541 e. The van der Waals surface area contributed by atoms with Gasteiger partial charge in [-0.1, -0.05) is 117 Å². The first kappa shape index (κ1) is 22.6. The zero-order chi connectivity index (χ0) is 25.6. The molecule has 0 spiro atoms. The molecule has 1 heteroatoms. The molecule has 0 atom stereocenters. The van der Waals surface area contributed by atoms with Gasteiger partial charge in [0.15, 0.2) is 0 Å². The number of fused-ring (bicyclic) bond motifs is 4. The Morgan fingerprint density at radius 1 is 0.447 bits per heavy atom. The van der Waals surface area contributed by atoms with E-state index in [0.717, 1.165) is 0 Å². The monoisotopic (exact) mass is 487 g/mol. The van der Waals surface area contributed by atoms with Crippen LogP contribution in [-0.4, -0.2) is 4.57 Å². The van der Waals surface area contributed by atoms with Gasteiger partial charge in [0.2, 0.25) is 0 Å². The van der Waals surface area contributed by atoms with Crippen LogP contribution in [0.3, 0.4) is 0 Å². The van der Waals surface area contributed by atoms with E-state index in [1.54, 1.807) is 0 Å². The summed E-state index contributed by atoms with van der Waals surface area (Å²) in [5, 5.41) is 5.07. The Kier molecular flexibility index (Phi) is 5.37. The molecule has 7 rings (SSSR count). The van der Waals surface area contributed by atoms with Crippen LogP contribution in [0.4, 0.5) is 0 Å². The fraction of sp³-hybridized carbons (Fsp3) is 0.0811. The molecule has 1 aromatic heterocycles. The molecule has 0 aliphatic carbocycles. The van der Waals surface area contributed by atoms with Crippen LogP contribution in [0.25, 0.3) is 60.5 Å². The second kappa shape index (κ2) is 9.04. The molecule has 0 radical (unpaired) electrons. The SMILES string of the molecule is CC(C)c1ccc(-c2ccc(-c3ccc4c(c3)c3ccccc3n4-c3ccc4ccccc4c3)cc2)cc1. The average Bonchev–Trinajstić information content (AvgIpc) is 3.31. The molecule has 0 saturated heterocycles. The van der Waals surface area contributed by atoms with Crippen LogP contribution in [-0.2, 0) is 0 Å². The van der Waals surface area contributed by atoms with Gasteiger partial charge in [0.1, 0.15) is 0 Å². The Morgan fingerprint density at radius 2 is 1.03 bits per heavy atom. The highest BCUT2D eigenvalue weighted by atomic mass is 15.0. The van der Waals surface area contributed by atoms with Crippen LogP contribution in [0.2, 0.25) is 0 Å². The molecule has 182 valence electrons. The van der Waals surface area contributed by atoms with Gasteiger partial charge < -0.3 is 4.57 Å². The molecule has 0 aliphatic rings. The van der Waals surface area contributed by atoms with Crippen molar-refractivity contribution in [3.05, 3.63) is 139 Å². The fourth-order valence-corrected chi connectivity index (χ4v) is 5.66. The Morgan fingerprint density at radius 3 is 1.76 bits per heavy atom. The Bertz CT molecular complexity index is 1920. The van der Waals surface area contributed by atoms with Gasteiger partial charge in [0, 0.05) is 16.5 Å². The number of benzene rings is 6. The van der Waals surface area contributed by atoms with Crippen molar-refractivity contribution < 1.29 is 0 Å². The molecule has 38 heavy (non-hydrogen) atoms. The highest BCUT2D eigenvalue weighted by Gasteiger charge is 2.13. The van der Waals surface area contributed by atoms with Crippen molar-refractivity contribution in [3.8, 4) is 27.9 Å². The zero-order valence-corrected chi connectivity index (χ0v) is 21.7. The molecule has 0 saturated carbocycles. The predicted molar refractivity (Wildman–Crippen MR) is 163 cm³/mol. The number of hydrogen-bond donors (Lipinski definition) is 0. The Balaban J connectivity index is 1.31. The first-order valence-corrected chi connectivity index (χ1v) is 13.4. The van der Waals surface area contributed by atoms with E-state index in [0.29, 0.717) is 5.92 Å². The van der Waals surface area contributed by atoms with E-state index in [2.05, 4.69) is 152 Å². The third-order valence-electron chi connectivity index (χ3n) is 7.79. The van der Waals surface area contributed by atoms with E-state index in [1.807, 2.05) is 0 Å². The van der Waals surface area contributed by atoms with Crippen molar-refractivity contribution in [2.24, 2.45) is 0 Å². The van der Waals surface area contributed by atoms with Crippen LogP contribution < -0.4 is 0 Å². The topological polar surface area (TPSA) is 4.93 Å². The van der Waals surface area contributed by atoms with Gasteiger partial charge in [0.05, 0.1) is 11.0 Å². The summed E-state index contributed by atoms with van der Waals surface area (Å²) in [6.07, 6.45) is 0. The van der Waals surface area contributed by atoms with Gasteiger partial charge in [-0.15, -0.1) is 0 Å². The maximum absolute atomic E-state index is 2.39. The largest absolute Gasteiger partial charge is 0.309 e. The lowest BCUT2D eigenvalue weighted by atomic mass is 9.97. The minimum atomic E-state index is 0.550. The molecular formula is C37H29N. The maximum atomic E-state index is 2.39. The minimum Gasteiger partial charge on any atom is -0.309 e. The van der Waals surface area contributed by atoms with Crippen molar-refractivity contribution in [1.82, 2.24) is 4.57 Å². The summed E-state index contributed by atoms with van der Waals surface area (Å²) in [5.41, 5.74) is 10.0. The summed E-state index contributed by atoms with van der Waals surface area (Å²) >= 11 is 0. The first-order valence-electron chi connectivity index (χ1n) is 13.4. The molecule has 0 unspecified atom stereocenters. The lowest BCUT2D eigenvalue weighted by Crippen LogP contribution is -1.93. The van der Waals surface area contributed by atoms with Crippen LogP contribution in [0, 0.1) is 0 Å². The van der Waals surface area contributed by atoms with Crippen molar-refractivity contribution >= 4 is 32.6 Å². The molecule has 6 aromatic carbocycles. The van der Waals surface area contributed by atoms with Crippen LogP contribution >= 0.6 is 0 Å². The van der Waals surface area contributed by atoms with Crippen molar-refractivity contribution in [2.75, 3.05) is 0 Å². The highest BCUT2D eigenvalue weighted by molar-refractivity contribution is 6.10. The van der Waals surface area contributed by atoms with Crippen LogP contribution in [0.1, 0.15) is 25.3 Å². The number of nitrogens with zero attached hydrogens (tertiary/aromatic N) is 1. The van der Waals surface area contributed by atoms with Crippen LogP contribution in [0.5, 0.6) is 0 Å². The van der Waals surface area contributed by atoms with E-state index in [-0.39, 0.29) is 0 Å². The molecule has 1 nitrogen and oxygen atoms in total. The van der Waals surface area contributed by atoms with Gasteiger partial charge in [0.25, 0.3) is 0 Å². The lowest BCUT2D eigenvalue weighted by Gasteiger charge is -2.10. The molecule has 1 heterocycles. The van der Waals surface area contributed by atoms with Gasteiger partial charge in [-0.3, -0.25) is 0 Å². The lowest BCUT2D eigenvalue weighted by molar-refractivity contribution is 0.867. The first-order chi connectivity index (χ1) is 18.7. The van der Waals surface area contributed by atoms with E-state index < -0.39 is 0 Å². The number of aromatic nitrogens is 1. The summed E-state index contributed by atoms with van der Waals surface area (Å²) in [6, 6.07) is 48.8. The summed E-state index contributed by atoms with van der Waals surface area (Å²) in [5.74, 6) is 0.550. The van der Waals surface area contributed by atoms with Crippen molar-refractivity contribution in [2.45, 2.75) is 19.8 Å². The van der Waals surface area contributed by atoms with E-state index in [4.69, 9.17) is 0 Å². The third kappa shape index (κ3) is 3.79. The molecule has 0 amide bonds. The third-order valence-corrected chi connectivity index (χ3v) is 7.79. The van der Waals surface area contributed by atoms with E-state index >= 15 is 0 Å². The van der Waals surface area contributed by atoms with Crippen molar-refractivity contribution in [1.29, 1.82) is 0 Å². The molecule has 0 bridgehead atoms. The number of para-hydroxylation sites is 1. The molecular weight excluding hydrogens is 458 g/mol. The van der Waals surface area contributed by atoms with Crippen LogP contribution in [0.15, 0.2) is 133 Å². The summed E-state index contributed by atoms with van der Waals surface area (Å²) in [7, 11) is 0. The van der Waals surface area contributed by atoms with E-state index in [1.165, 1.54) is 66.1 Å². The minimum absolute atomic E-state index is 0.550. The molecule has 0 fully saturated rings. The Hall–Kier alpha value is -4.62. The van der Waals surface area contributed by atoms with Gasteiger partial charge in [-0.05, 0) is 74.8 Å². The summed E-state index contributed by atoms with van der Waals surface area (Å²) < 4.78 is 2.39. The number of hydrogen-bond acceptors (Lipinski definition) is 0. The average molecular weight is 488 g/mol. The van der Waals surface area contributed by atoms with Gasteiger partial charge in [-0.2, -0.15) is 0 Å². The maximum Gasteiger partial charge on any atom is 0.0541 e. The van der Waals surface area contributed by atoms with E-state index in [9.17, 15) is 0 Å². The second-order valence-electron chi connectivity index (χ2n) is 10.5. The molecule has 0 N–H and O–H groups in total. The summed E-state index contributed by atoms with van der Waals surface area (Å²) in [4.78, 5) is 0. The van der Waals surface area contributed by atoms with Crippen molar-refractivity contribution in [3.63, 3.8) is 0 Å². The fourth-order valence-electron chi connectivity index (χ4n) is 5.66. The zero-order valence-electron chi connectivity index (χ0n) is 21.7. The second-order valence-corrected chi connectivity index (χ2v) is 10.5. The number of rotatable bonds is 4.